The summed E-state index contributed by atoms with van der Waals surface area (Å²) in [5.41, 5.74) is 0. The molecule has 0 aromatic rings. The van der Waals surface area contributed by atoms with Gasteiger partial charge in [-0.15, -0.1) is 12.4 Å². The van der Waals surface area contributed by atoms with Crippen molar-refractivity contribution in [3.63, 3.8) is 0 Å². The summed E-state index contributed by atoms with van der Waals surface area (Å²) >= 11 is 0. The second kappa shape index (κ2) is 4.58. The molecule has 0 bridgehead atoms. The smallest absolute Gasteiger partial charge is 0.208 e. The fraction of sp³-hybridized carbons (Fsp3) is 0.800. The second-order valence-corrected chi connectivity index (χ2v) is 1.93. The highest BCUT2D eigenvalue weighted by Gasteiger charge is 2.10. The molecular formula is C5H11ClN2O. The lowest BCUT2D eigenvalue weighted by molar-refractivity contribution is -0.110. The van der Waals surface area contributed by atoms with Crippen molar-refractivity contribution < 1.29 is 4.79 Å². The number of amides is 1. The predicted octanol–water partition coefficient (Wildman–Crippen LogP) is -0.136. The Morgan fingerprint density at radius 3 is 2.89 bits per heavy atom. The van der Waals surface area contributed by atoms with Gasteiger partial charge in [-0.25, -0.2) is 0 Å². The quantitative estimate of drug-likeness (QED) is 0.539. The minimum Gasteiger partial charge on any atom is -0.343 e. The standard InChI is InChI=1S/C5H10N2O.ClH/c8-4-7-5-2-1-3-6-5;/h4-6H,1-3H2,(H,7,8);1H. The van der Waals surface area contributed by atoms with E-state index >= 15 is 0 Å². The molecule has 1 atom stereocenters. The van der Waals surface area contributed by atoms with E-state index < -0.39 is 0 Å². The second-order valence-electron chi connectivity index (χ2n) is 1.93. The maximum Gasteiger partial charge on any atom is 0.208 e. The van der Waals surface area contributed by atoms with Gasteiger partial charge in [0.1, 0.15) is 0 Å². The number of hydrogen-bond acceptors (Lipinski definition) is 2. The van der Waals surface area contributed by atoms with Gasteiger partial charge in [0.05, 0.1) is 6.17 Å². The average molecular weight is 151 g/mol. The van der Waals surface area contributed by atoms with Crippen molar-refractivity contribution in [3.05, 3.63) is 0 Å². The molecule has 0 saturated carbocycles. The zero-order chi connectivity index (χ0) is 5.82. The maximum absolute atomic E-state index is 9.81. The molecule has 4 heteroatoms. The van der Waals surface area contributed by atoms with Crippen LogP contribution in [-0.2, 0) is 4.79 Å². The van der Waals surface area contributed by atoms with Gasteiger partial charge in [0.15, 0.2) is 0 Å². The SMILES string of the molecule is Cl.O=CNC1CCCN1. The van der Waals surface area contributed by atoms with Crippen molar-refractivity contribution in [2.75, 3.05) is 6.54 Å². The monoisotopic (exact) mass is 150 g/mol. The van der Waals surface area contributed by atoms with Crippen LogP contribution in [0.5, 0.6) is 0 Å². The van der Waals surface area contributed by atoms with Crippen LogP contribution in [0.2, 0.25) is 0 Å². The number of halogens is 1. The number of hydrogen-bond donors (Lipinski definition) is 2. The molecule has 0 radical (unpaired) electrons. The van der Waals surface area contributed by atoms with Crippen LogP contribution < -0.4 is 10.6 Å². The summed E-state index contributed by atoms with van der Waals surface area (Å²) in [6.45, 7) is 1.03. The first-order chi connectivity index (χ1) is 3.93. The van der Waals surface area contributed by atoms with Crippen molar-refractivity contribution in [2.45, 2.75) is 19.0 Å². The van der Waals surface area contributed by atoms with Crippen LogP contribution in [0.3, 0.4) is 0 Å². The molecular weight excluding hydrogens is 140 g/mol. The Balaban J connectivity index is 0.000000640. The average Bonchev–Trinajstić information content (AvgIpc) is 2.19. The minimum atomic E-state index is 0. The summed E-state index contributed by atoms with van der Waals surface area (Å²) in [4.78, 5) is 9.81. The Hall–Kier alpha value is -0.280. The summed E-state index contributed by atoms with van der Waals surface area (Å²) in [6, 6.07) is 0. The molecule has 2 N–H and O–H groups in total. The van der Waals surface area contributed by atoms with E-state index in [1.807, 2.05) is 0 Å². The van der Waals surface area contributed by atoms with E-state index in [4.69, 9.17) is 0 Å². The van der Waals surface area contributed by atoms with Crippen LogP contribution in [0.4, 0.5) is 0 Å². The molecule has 0 aromatic heterocycles. The number of carbonyl (C=O) groups is 1. The van der Waals surface area contributed by atoms with Crippen LogP contribution in [0, 0.1) is 0 Å². The fourth-order valence-electron chi connectivity index (χ4n) is 0.909. The summed E-state index contributed by atoms with van der Waals surface area (Å²) in [5, 5.41) is 5.77. The van der Waals surface area contributed by atoms with E-state index in [0.29, 0.717) is 0 Å². The molecule has 9 heavy (non-hydrogen) atoms. The Kier molecular flexibility index (Phi) is 4.44. The van der Waals surface area contributed by atoms with Gasteiger partial charge >= 0.3 is 0 Å². The third-order valence-corrected chi connectivity index (χ3v) is 1.33. The molecule has 0 aliphatic carbocycles. The lowest BCUT2D eigenvalue weighted by Gasteiger charge is -2.05. The lowest BCUT2D eigenvalue weighted by atomic mass is 10.3. The summed E-state index contributed by atoms with van der Waals surface area (Å²) in [7, 11) is 0. The van der Waals surface area contributed by atoms with Gasteiger partial charge in [0.25, 0.3) is 0 Å². The number of carbonyl (C=O) groups excluding carboxylic acids is 1. The first kappa shape index (κ1) is 8.72. The Bertz CT molecular complexity index is 83.0. The van der Waals surface area contributed by atoms with E-state index in [1.165, 1.54) is 6.42 Å². The summed E-state index contributed by atoms with van der Waals surface area (Å²) in [5.74, 6) is 0. The van der Waals surface area contributed by atoms with Crippen LogP contribution in [0.25, 0.3) is 0 Å². The molecule has 1 fully saturated rings. The number of nitrogens with one attached hydrogen (secondary N) is 2. The third kappa shape index (κ3) is 2.67. The molecule has 1 amide bonds. The van der Waals surface area contributed by atoms with Gasteiger partial charge in [0.2, 0.25) is 6.41 Å². The van der Waals surface area contributed by atoms with E-state index in [-0.39, 0.29) is 18.6 Å². The van der Waals surface area contributed by atoms with Crippen molar-refractivity contribution in [3.8, 4) is 0 Å². The largest absolute Gasteiger partial charge is 0.343 e. The molecule has 1 unspecified atom stereocenters. The van der Waals surface area contributed by atoms with Gasteiger partial charge in [-0.3, -0.25) is 10.1 Å². The summed E-state index contributed by atoms with van der Waals surface area (Å²) in [6.07, 6.45) is 3.22. The lowest BCUT2D eigenvalue weighted by Crippen LogP contribution is -2.35. The topological polar surface area (TPSA) is 41.1 Å². The van der Waals surface area contributed by atoms with Gasteiger partial charge in [-0.1, -0.05) is 0 Å². The zero-order valence-corrected chi connectivity index (χ0v) is 5.91. The molecule has 1 aliphatic heterocycles. The van der Waals surface area contributed by atoms with E-state index in [9.17, 15) is 4.79 Å². The van der Waals surface area contributed by atoms with Gasteiger partial charge < -0.3 is 5.32 Å². The molecule has 54 valence electrons. The van der Waals surface area contributed by atoms with Crippen LogP contribution in [-0.4, -0.2) is 19.1 Å². The van der Waals surface area contributed by atoms with Gasteiger partial charge in [-0.2, -0.15) is 0 Å². The molecule has 1 saturated heterocycles. The van der Waals surface area contributed by atoms with Crippen molar-refractivity contribution in [1.82, 2.24) is 10.6 Å². The number of rotatable bonds is 2. The molecule has 0 spiro atoms. The molecule has 1 heterocycles. The molecule has 0 aromatic carbocycles. The Morgan fingerprint density at radius 2 is 2.44 bits per heavy atom. The van der Waals surface area contributed by atoms with Crippen LogP contribution >= 0.6 is 12.4 Å². The third-order valence-electron chi connectivity index (χ3n) is 1.33. The van der Waals surface area contributed by atoms with Crippen molar-refractivity contribution >= 4 is 18.8 Å². The minimum absolute atomic E-state index is 0. The fourth-order valence-corrected chi connectivity index (χ4v) is 0.909. The molecule has 1 aliphatic rings. The van der Waals surface area contributed by atoms with E-state index in [1.54, 1.807) is 0 Å². The highest BCUT2D eigenvalue weighted by Crippen LogP contribution is 1.99. The van der Waals surface area contributed by atoms with E-state index in [2.05, 4.69) is 10.6 Å². The highest BCUT2D eigenvalue weighted by atomic mass is 35.5. The molecule has 3 nitrogen and oxygen atoms in total. The van der Waals surface area contributed by atoms with Crippen molar-refractivity contribution in [1.29, 1.82) is 0 Å². The van der Waals surface area contributed by atoms with Crippen molar-refractivity contribution in [2.24, 2.45) is 0 Å². The normalized spacial score (nSPS) is 24.7. The Morgan fingerprint density at radius 1 is 1.67 bits per heavy atom. The Labute approximate surface area is 60.6 Å². The first-order valence-electron chi connectivity index (χ1n) is 2.86. The maximum atomic E-state index is 9.81. The first-order valence-corrected chi connectivity index (χ1v) is 2.86. The van der Waals surface area contributed by atoms with Gasteiger partial charge in [-0.05, 0) is 19.4 Å². The van der Waals surface area contributed by atoms with Crippen LogP contribution in [0.15, 0.2) is 0 Å². The zero-order valence-electron chi connectivity index (χ0n) is 5.09. The van der Waals surface area contributed by atoms with E-state index in [0.717, 1.165) is 19.4 Å². The van der Waals surface area contributed by atoms with Gasteiger partial charge in [0, 0.05) is 0 Å². The highest BCUT2D eigenvalue weighted by molar-refractivity contribution is 5.85. The molecule has 1 rings (SSSR count). The summed E-state index contributed by atoms with van der Waals surface area (Å²) < 4.78 is 0. The van der Waals surface area contributed by atoms with Crippen LogP contribution in [0.1, 0.15) is 12.8 Å². The predicted molar refractivity (Wildman–Crippen MR) is 37.5 cm³/mol.